The van der Waals surface area contributed by atoms with E-state index in [0.717, 1.165) is 0 Å². The van der Waals surface area contributed by atoms with Crippen LogP contribution in [0.4, 0.5) is 4.39 Å². The molecular weight excluding hydrogens is 237 g/mol. The van der Waals surface area contributed by atoms with Gasteiger partial charge < -0.3 is 9.47 Å². The van der Waals surface area contributed by atoms with Crippen LogP contribution in [0.15, 0.2) is 24.4 Å². The maximum Gasteiger partial charge on any atom is 0.339 e. The molecule has 1 heterocycles. The number of esters is 1. The van der Waals surface area contributed by atoms with Gasteiger partial charge in [-0.05, 0) is 25.1 Å². The second kappa shape index (κ2) is 5.00. The topological polar surface area (TPSA) is 48.4 Å². The molecule has 94 valence electrons. The van der Waals surface area contributed by atoms with Gasteiger partial charge in [0.2, 0.25) is 0 Å². The average Bonchev–Trinajstić information content (AvgIpc) is 2.39. The number of benzene rings is 1. The molecule has 1 aromatic heterocycles. The molecule has 0 aliphatic rings. The maximum absolute atomic E-state index is 13.8. The van der Waals surface area contributed by atoms with Gasteiger partial charge in [0, 0.05) is 11.6 Å². The molecule has 0 atom stereocenters. The van der Waals surface area contributed by atoms with Crippen LogP contribution in [0.25, 0.3) is 10.9 Å². The second-order valence-electron chi connectivity index (χ2n) is 3.60. The molecule has 5 heteroatoms. The molecule has 0 unspecified atom stereocenters. The zero-order chi connectivity index (χ0) is 13.1. The van der Waals surface area contributed by atoms with E-state index < -0.39 is 11.8 Å². The highest BCUT2D eigenvalue weighted by atomic mass is 19.1. The lowest BCUT2D eigenvalue weighted by molar-refractivity contribution is 0.0526. The van der Waals surface area contributed by atoms with Crippen LogP contribution in [0.1, 0.15) is 17.3 Å². The monoisotopic (exact) mass is 249 g/mol. The van der Waals surface area contributed by atoms with E-state index in [1.807, 2.05) is 0 Å². The largest absolute Gasteiger partial charge is 0.494 e. The molecule has 0 saturated carbocycles. The van der Waals surface area contributed by atoms with Crippen molar-refractivity contribution in [1.82, 2.24) is 4.98 Å². The first-order valence-electron chi connectivity index (χ1n) is 5.46. The summed E-state index contributed by atoms with van der Waals surface area (Å²) >= 11 is 0. The minimum absolute atomic E-state index is 0.124. The third-order valence-electron chi connectivity index (χ3n) is 2.49. The number of hydrogen-bond donors (Lipinski definition) is 0. The van der Waals surface area contributed by atoms with Crippen LogP contribution in [0.5, 0.6) is 5.75 Å². The molecular formula is C13H12FNO3. The molecule has 4 nitrogen and oxygen atoms in total. The smallest absolute Gasteiger partial charge is 0.339 e. The van der Waals surface area contributed by atoms with Crippen molar-refractivity contribution in [2.24, 2.45) is 0 Å². The standard InChI is InChI=1S/C13H12FNO3/c1-3-18-13(16)9-6-8-4-5-10(17-2)11(14)12(8)15-7-9/h4-7H,3H2,1-2H3. The van der Waals surface area contributed by atoms with Crippen molar-refractivity contribution < 1.29 is 18.7 Å². The minimum Gasteiger partial charge on any atom is -0.494 e. The van der Waals surface area contributed by atoms with Crippen LogP contribution in [0, 0.1) is 5.82 Å². The fraction of sp³-hybridized carbons (Fsp3) is 0.231. The first kappa shape index (κ1) is 12.3. The number of fused-ring (bicyclic) bond motifs is 1. The summed E-state index contributed by atoms with van der Waals surface area (Å²) < 4.78 is 23.6. The highest BCUT2D eigenvalue weighted by Crippen LogP contribution is 2.25. The van der Waals surface area contributed by atoms with Crippen molar-refractivity contribution >= 4 is 16.9 Å². The van der Waals surface area contributed by atoms with Crippen molar-refractivity contribution in [3.63, 3.8) is 0 Å². The zero-order valence-electron chi connectivity index (χ0n) is 10.1. The highest BCUT2D eigenvalue weighted by molar-refractivity contribution is 5.94. The number of carbonyl (C=O) groups excluding carboxylic acids is 1. The van der Waals surface area contributed by atoms with Gasteiger partial charge in [-0.15, -0.1) is 0 Å². The molecule has 0 amide bonds. The van der Waals surface area contributed by atoms with Crippen molar-refractivity contribution in [3.05, 3.63) is 35.8 Å². The highest BCUT2D eigenvalue weighted by Gasteiger charge is 2.12. The number of ether oxygens (including phenoxy) is 2. The lowest BCUT2D eigenvalue weighted by Gasteiger charge is -2.06. The van der Waals surface area contributed by atoms with Crippen LogP contribution < -0.4 is 4.74 Å². The van der Waals surface area contributed by atoms with Gasteiger partial charge in [-0.25, -0.2) is 9.18 Å². The second-order valence-corrected chi connectivity index (χ2v) is 3.60. The van der Waals surface area contributed by atoms with E-state index in [1.165, 1.54) is 19.4 Å². The zero-order valence-corrected chi connectivity index (χ0v) is 10.1. The van der Waals surface area contributed by atoms with Gasteiger partial charge in [0.05, 0.1) is 19.3 Å². The molecule has 2 rings (SSSR count). The average molecular weight is 249 g/mol. The fourth-order valence-corrected chi connectivity index (χ4v) is 1.63. The van der Waals surface area contributed by atoms with Crippen molar-refractivity contribution in [2.75, 3.05) is 13.7 Å². The molecule has 0 bridgehead atoms. The predicted molar refractivity (Wildman–Crippen MR) is 64.2 cm³/mol. The summed E-state index contributed by atoms with van der Waals surface area (Å²) in [6.07, 6.45) is 1.29. The van der Waals surface area contributed by atoms with Crippen LogP contribution >= 0.6 is 0 Å². The Kier molecular flexibility index (Phi) is 3.41. The molecule has 0 aliphatic heterocycles. The number of halogens is 1. The third-order valence-corrected chi connectivity index (χ3v) is 2.49. The summed E-state index contributed by atoms with van der Waals surface area (Å²) in [6, 6.07) is 4.68. The van der Waals surface area contributed by atoms with Crippen molar-refractivity contribution in [1.29, 1.82) is 0 Å². The Bertz CT molecular complexity index is 598. The van der Waals surface area contributed by atoms with Gasteiger partial charge in [0.1, 0.15) is 5.52 Å². The Morgan fingerprint density at radius 3 is 2.89 bits per heavy atom. The third kappa shape index (κ3) is 2.11. The SMILES string of the molecule is CCOC(=O)c1cnc2c(F)c(OC)ccc2c1. The number of methoxy groups -OCH3 is 1. The Morgan fingerprint density at radius 1 is 1.44 bits per heavy atom. The summed E-state index contributed by atoms with van der Waals surface area (Å²) in [6.45, 7) is 2.00. The molecule has 0 N–H and O–H groups in total. The Hall–Kier alpha value is -2.17. The van der Waals surface area contributed by atoms with Crippen molar-refractivity contribution in [2.45, 2.75) is 6.92 Å². The summed E-state index contributed by atoms with van der Waals surface area (Å²) in [5, 5.41) is 0.527. The number of aromatic nitrogens is 1. The van der Waals surface area contributed by atoms with E-state index in [1.54, 1.807) is 19.1 Å². The molecule has 0 aliphatic carbocycles. The van der Waals surface area contributed by atoms with E-state index in [9.17, 15) is 9.18 Å². The molecule has 0 spiro atoms. The molecule has 18 heavy (non-hydrogen) atoms. The van der Waals surface area contributed by atoms with Gasteiger partial charge >= 0.3 is 5.97 Å². The van der Waals surface area contributed by atoms with Crippen LogP contribution in [-0.2, 0) is 4.74 Å². The molecule has 0 saturated heterocycles. The van der Waals surface area contributed by atoms with Gasteiger partial charge in [0.25, 0.3) is 0 Å². The van der Waals surface area contributed by atoms with E-state index in [2.05, 4.69) is 4.98 Å². The van der Waals surface area contributed by atoms with E-state index in [-0.39, 0.29) is 17.9 Å². The Labute approximate surface area is 103 Å². The van der Waals surface area contributed by atoms with Gasteiger partial charge in [-0.3, -0.25) is 4.98 Å². The number of nitrogens with zero attached hydrogens (tertiary/aromatic N) is 1. The van der Waals surface area contributed by atoms with E-state index in [0.29, 0.717) is 10.9 Å². The van der Waals surface area contributed by atoms with E-state index >= 15 is 0 Å². The predicted octanol–water partition coefficient (Wildman–Crippen LogP) is 2.56. The quantitative estimate of drug-likeness (QED) is 0.784. The van der Waals surface area contributed by atoms with Crippen LogP contribution in [0.3, 0.4) is 0 Å². The number of rotatable bonds is 3. The van der Waals surface area contributed by atoms with E-state index in [4.69, 9.17) is 9.47 Å². The minimum atomic E-state index is -0.537. The number of carbonyl (C=O) groups is 1. The van der Waals surface area contributed by atoms with Gasteiger partial charge in [-0.2, -0.15) is 0 Å². The molecule has 0 radical (unpaired) electrons. The van der Waals surface area contributed by atoms with Gasteiger partial charge in [0.15, 0.2) is 11.6 Å². The molecule has 1 aromatic carbocycles. The lowest BCUT2D eigenvalue weighted by Crippen LogP contribution is -2.05. The summed E-state index contributed by atoms with van der Waals surface area (Å²) in [5.41, 5.74) is 0.469. The summed E-state index contributed by atoms with van der Waals surface area (Å²) in [4.78, 5) is 15.5. The van der Waals surface area contributed by atoms with Gasteiger partial charge in [-0.1, -0.05) is 0 Å². The van der Waals surface area contributed by atoms with Crippen LogP contribution in [-0.4, -0.2) is 24.7 Å². The Morgan fingerprint density at radius 2 is 2.22 bits per heavy atom. The molecule has 2 aromatic rings. The lowest BCUT2D eigenvalue weighted by atomic mass is 10.1. The normalized spacial score (nSPS) is 10.4. The number of pyridine rings is 1. The van der Waals surface area contributed by atoms with Crippen LogP contribution in [0.2, 0.25) is 0 Å². The number of hydrogen-bond acceptors (Lipinski definition) is 4. The maximum atomic E-state index is 13.8. The first-order chi connectivity index (χ1) is 8.67. The Balaban J connectivity index is 2.50. The first-order valence-corrected chi connectivity index (χ1v) is 5.46. The molecule has 0 fully saturated rings. The summed E-state index contributed by atoms with van der Waals surface area (Å²) in [5.74, 6) is -0.882. The summed E-state index contributed by atoms with van der Waals surface area (Å²) in [7, 11) is 1.39. The van der Waals surface area contributed by atoms with Crippen molar-refractivity contribution in [3.8, 4) is 5.75 Å². The fourth-order valence-electron chi connectivity index (χ4n) is 1.63.